The van der Waals surface area contributed by atoms with Gasteiger partial charge in [0.1, 0.15) is 5.75 Å². The lowest BCUT2D eigenvalue weighted by Crippen LogP contribution is -2.14. The van der Waals surface area contributed by atoms with Gasteiger partial charge in [0.05, 0.1) is 7.11 Å². The summed E-state index contributed by atoms with van der Waals surface area (Å²) in [6.07, 6.45) is 3.57. The molecular formula is C13H19NO. The fourth-order valence-corrected chi connectivity index (χ4v) is 2.43. The topological polar surface area (TPSA) is 21.3 Å². The van der Waals surface area contributed by atoms with Crippen molar-refractivity contribution in [2.75, 3.05) is 13.7 Å². The molecule has 1 heterocycles. The number of ether oxygens (including phenoxy) is 1. The van der Waals surface area contributed by atoms with Gasteiger partial charge in [-0.15, -0.1) is 0 Å². The molecule has 0 radical (unpaired) electrons. The SMILES string of the molecule is CCc1c(OC)cccc1C1CCCN1. The van der Waals surface area contributed by atoms with Crippen molar-refractivity contribution in [3.63, 3.8) is 0 Å². The number of benzene rings is 1. The van der Waals surface area contributed by atoms with E-state index in [0.29, 0.717) is 6.04 Å². The zero-order valence-corrected chi connectivity index (χ0v) is 9.55. The smallest absolute Gasteiger partial charge is 0.122 e. The largest absolute Gasteiger partial charge is 0.496 e. The second kappa shape index (κ2) is 4.67. The predicted molar refractivity (Wildman–Crippen MR) is 62.3 cm³/mol. The Morgan fingerprint density at radius 3 is 2.93 bits per heavy atom. The highest BCUT2D eigenvalue weighted by molar-refractivity contribution is 5.42. The van der Waals surface area contributed by atoms with E-state index >= 15 is 0 Å². The maximum absolute atomic E-state index is 5.41. The Bertz CT molecular complexity index is 329. The summed E-state index contributed by atoms with van der Waals surface area (Å²) in [5.41, 5.74) is 2.79. The Kier molecular flexibility index (Phi) is 3.27. The van der Waals surface area contributed by atoms with E-state index in [1.807, 2.05) is 0 Å². The molecule has 1 aromatic rings. The Balaban J connectivity index is 2.36. The minimum atomic E-state index is 0.537. The molecule has 2 heteroatoms. The fraction of sp³-hybridized carbons (Fsp3) is 0.538. The van der Waals surface area contributed by atoms with Crippen LogP contribution in [-0.4, -0.2) is 13.7 Å². The van der Waals surface area contributed by atoms with E-state index in [1.165, 1.54) is 24.0 Å². The van der Waals surface area contributed by atoms with E-state index in [9.17, 15) is 0 Å². The van der Waals surface area contributed by atoms with E-state index in [2.05, 4.69) is 30.4 Å². The molecule has 0 amide bonds. The number of hydrogen-bond donors (Lipinski definition) is 1. The van der Waals surface area contributed by atoms with Gasteiger partial charge in [-0.25, -0.2) is 0 Å². The van der Waals surface area contributed by atoms with Gasteiger partial charge in [0.15, 0.2) is 0 Å². The van der Waals surface area contributed by atoms with E-state index in [4.69, 9.17) is 4.74 Å². The number of nitrogens with one attached hydrogen (secondary N) is 1. The summed E-state index contributed by atoms with van der Waals surface area (Å²) in [6.45, 7) is 3.33. The predicted octanol–water partition coefficient (Wildman–Crippen LogP) is 2.68. The van der Waals surface area contributed by atoms with Crippen molar-refractivity contribution >= 4 is 0 Å². The normalized spacial score (nSPS) is 20.5. The molecule has 0 aromatic heterocycles. The van der Waals surface area contributed by atoms with Gasteiger partial charge < -0.3 is 10.1 Å². The van der Waals surface area contributed by atoms with Gasteiger partial charge in [0.25, 0.3) is 0 Å². The molecule has 1 aliphatic rings. The molecule has 2 nitrogen and oxygen atoms in total. The molecule has 1 N–H and O–H groups in total. The molecule has 1 aliphatic heterocycles. The lowest BCUT2D eigenvalue weighted by molar-refractivity contribution is 0.408. The third kappa shape index (κ3) is 2.00. The van der Waals surface area contributed by atoms with Crippen LogP contribution in [0.25, 0.3) is 0 Å². The van der Waals surface area contributed by atoms with Crippen molar-refractivity contribution in [3.8, 4) is 5.75 Å². The average Bonchev–Trinajstić information content (AvgIpc) is 2.81. The van der Waals surface area contributed by atoms with Gasteiger partial charge >= 0.3 is 0 Å². The third-order valence-corrected chi connectivity index (χ3v) is 3.18. The van der Waals surface area contributed by atoms with Crippen molar-refractivity contribution < 1.29 is 4.74 Å². The summed E-state index contributed by atoms with van der Waals surface area (Å²) in [5.74, 6) is 1.03. The molecule has 0 saturated carbocycles. The van der Waals surface area contributed by atoms with Gasteiger partial charge in [-0.05, 0) is 43.0 Å². The molecule has 0 bridgehead atoms. The van der Waals surface area contributed by atoms with Crippen LogP contribution < -0.4 is 10.1 Å². The monoisotopic (exact) mass is 205 g/mol. The first-order valence-electron chi connectivity index (χ1n) is 5.76. The van der Waals surface area contributed by atoms with Crippen molar-refractivity contribution in [2.45, 2.75) is 32.2 Å². The van der Waals surface area contributed by atoms with Crippen LogP contribution in [0.2, 0.25) is 0 Å². The number of methoxy groups -OCH3 is 1. The van der Waals surface area contributed by atoms with Crippen LogP contribution >= 0.6 is 0 Å². The zero-order chi connectivity index (χ0) is 10.7. The molecular weight excluding hydrogens is 186 g/mol. The van der Waals surface area contributed by atoms with Crippen LogP contribution in [0.3, 0.4) is 0 Å². The molecule has 1 aromatic carbocycles. The molecule has 15 heavy (non-hydrogen) atoms. The molecule has 1 fully saturated rings. The maximum Gasteiger partial charge on any atom is 0.122 e. The van der Waals surface area contributed by atoms with Crippen LogP contribution in [0.5, 0.6) is 5.75 Å². The quantitative estimate of drug-likeness (QED) is 0.819. The Hall–Kier alpha value is -1.02. The Morgan fingerprint density at radius 2 is 2.33 bits per heavy atom. The number of rotatable bonds is 3. The Labute approximate surface area is 91.6 Å². The van der Waals surface area contributed by atoms with E-state index in [0.717, 1.165) is 18.7 Å². The first-order valence-corrected chi connectivity index (χ1v) is 5.76. The highest BCUT2D eigenvalue weighted by Gasteiger charge is 2.19. The van der Waals surface area contributed by atoms with Crippen molar-refractivity contribution in [2.24, 2.45) is 0 Å². The van der Waals surface area contributed by atoms with Crippen LogP contribution in [0, 0.1) is 0 Å². The summed E-state index contributed by atoms with van der Waals surface area (Å²) in [7, 11) is 1.75. The van der Waals surface area contributed by atoms with Gasteiger partial charge in [-0.2, -0.15) is 0 Å². The minimum Gasteiger partial charge on any atom is -0.496 e. The van der Waals surface area contributed by atoms with Gasteiger partial charge in [-0.3, -0.25) is 0 Å². The summed E-state index contributed by atoms with van der Waals surface area (Å²) < 4.78 is 5.41. The van der Waals surface area contributed by atoms with Gasteiger partial charge in [0.2, 0.25) is 0 Å². The third-order valence-electron chi connectivity index (χ3n) is 3.18. The van der Waals surface area contributed by atoms with Gasteiger partial charge in [0, 0.05) is 6.04 Å². The maximum atomic E-state index is 5.41. The Morgan fingerprint density at radius 1 is 1.47 bits per heavy atom. The summed E-state index contributed by atoms with van der Waals surface area (Å²) in [5, 5.41) is 3.54. The summed E-state index contributed by atoms with van der Waals surface area (Å²) >= 11 is 0. The molecule has 1 atom stereocenters. The highest BCUT2D eigenvalue weighted by atomic mass is 16.5. The van der Waals surface area contributed by atoms with Crippen molar-refractivity contribution in [1.29, 1.82) is 0 Å². The lowest BCUT2D eigenvalue weighted by atomic mass is 9.97. The molecule has 0 spiro atoms. The number of hydrogen-bond acceptors (Lipinski definition) is 2. The van der Waals surface area contributed by atoms with E-state index in [1.54, 1.807) is 7.11 Å². The highest BCUT2D eigenvalue weighted by Crippen LogP contribution is 2.31. The fourth-order valence-electron chi connectivity index (χ4n) is 2.43. The van der Waals surface area contributed by atoms with E-state index < -0.39 is 0 Å². The summed E-state index contributed by atoms with van der Waals surface area (Å²) in [4.78, 5) is 0. The van der Waals surface area contributed by atoms with Crippen LogP contribution in [0.15, 0.2) is 18.2 Å². The van der Waals surface area contributed by atoms with E-state index in [-0.39, 0.29) is 0 Å². The molecule has 2 rings (SSSR count). The second-order valence-electron chi connectivity index (χ2n) is 4.03. The van der Waals surface area contributed by atoms with Crippen LogP contribution in [0.1, 0.15) is 36.9 Å². The minimum absolute atomic E-state index is 0.537. The van der Waals surface area contributed by atoms with Crippen LogP contribution in [0.4, 0.5) is 0 Å². The average molecular weight is 205 g/mol. The zero-order valence-electron chi connectivity index (χ0n) is 9.55. The first-order chi connectivity index (χ1) is 7.36. The molecule has 1 unspecified atom stereocenters. The first kappa shape index (κ1) is 10.5. The van der Waals surface area contributed by atoms with Crippen LogP contribution in [-0.2, 0) is 6.42 Å². The second-order valence-corrected chi connectivity index (χ2v) is 4.03. The van der Waals surface area contributed by atoms with Crippen molar-refractivity contribution in [3.05, 3.63) is 29.3 Å². The molecule has 0 aliphatic carbocycles. The molecule has 1 saturated heterocycles. The lowest BCUT2D eigenvalue weighted by Gasteiger charge is -2.17. The molecule has 82 valence electrons. The van der Waals surface area contributed by atoms with Crippen molar-refractivity contribution in [1.82, 2.24) is 5.32 Å². The van der Waals surface area contributed by atoms with Gasteiger partial charge in [-0.1, -0.05) is 19.1 Å². The summed E-state index contributed by atoms with van der Waals surface area (Å²) in [6, 6.07) is 6.91. The standard InChI is InChI=1S/C13H19NO/c1-3-10-11(12-7-5-9-14-12)6-4-8-13(10)15-2/h4,6,8,12,14H,3,5,7,9H2,1-2H3.